The molecule has 37 heavy (non-hydrogen) atoms. The summed E-state index contributed by atoms with van der Waals surface area (Å²) in [4.78, 5) is 36.1. The van der Waals surface area contributed by atoms with Crippen LogP contribution in [-0.2, 0) is 13.1 Å². The second-order valence-corrected chi connectivity index (χ2v) is 10.4. The SMILES string of the molecule is Cc1nc(C(=O)N2CCCOc3ccccc3C(=O)N(C)Cc3cccc(c3)C2)c(-c2ccccc2)s1. The third-order valence-electron chi connectivity index (χ3n) is 6.34. The number of thiazole rings is 1. The number of nitrogens with zero attached hydrogens (tertiary/aromatic N) is 3. The Balaban J connectivity index is 1.48. The summed E-state index contributed by atoms with van der Waals surface area (Å²) < 4.78 is 6.03. The van der Waals surface area contributed by atoms with Crippen LogP contribution in [0.5, 0.6) is 5.75 Å². The second kappa shape index (κ2) is 11.0. The first-order valence-corrected chi connectivity index (χ1v) is 13.2. The molecule has 2 bridgehead atoms. The summed E-state index contributed by atoms with van der Waals surface area (Å²) in [7, 11) is 1.79. The second-order valence-electron chi connectivity index (χ2n) is 9.18. The molecule has 5 rings (SSSR count). The molecule has 7 heteroatoms. The standard InChI is InChI=1S/C30H29N3O3S/c1-21-31-27(28(37-21)24-12-4-3-5-13-24)30(35)33-16-9-17-36-26-15-7-6-14-25(26)29(34)32(2)19-22-10-8-11-23(18-22)20-33/h3-8,10-15,18H,9,16-17,19-20H2,1-2H3. The molecular formula is C30H29N3O3S. The zero-order chi connectivity index (χ0) is 25.8. The van der Waals surface area contributed by atoms with Gasteiger partial charge in [-0.25, -0.2) is 4.98 Å². The van der Waals surface area contributed by atoms with Gasteiger partial charge in [0.25, 0.3) is 11.8 Å². The molecule has 0 spiro atoms. The van der Waals surface area contributed by atoms with Crippen molar-refractivity contribution in [3.8, 4) is 16.2 Å². The van der Waals surface area contributed by atoms with Gasteiger partial charge in [0.1, 0.15) is 11.4 Å². The van der Waals surface area contributed by atoms with Gasteiger partial charge >= 0.3 is 0 Å². The lowest BCUT2D eigenvalue weighted by atomic mass is 10.1. The van der Waals surface area contributed by atoms with Crippen molar-refractivity contribution in [3.63, 3.8) is 0 Å². The molecule has 4 aromatic rings. The summed E-state index contributed by atoms with van der Waals surface area (Å²) in [6, 6.07) is 25.4. The normalized spacial score (nSPS) is 14.5. The maximum atomic E-state index is 13.9. The minimum absolute atomic E-state index is 0.0813. The molecule has 3 aromatic carbocycles. The molecular weight excluding hydrogens is 482 g/mol. The van der Waals surface area contributed by atoms with Gasteiger partial charge in [0.05, 0.1) is 22.1 Å². The summed E-state index contributed by atoms with van der Waals surface area (Å²) in [6.07, 6.45) is 0.619. The van der Waals surface area contributed by atoms with Crippen molar-refractivity contribution in [2.24, 2.45) is 0 Å². The predicted molar refractivity (Wildman–Crippen MR) is 146 cm³/mol. The number of amides is 2. The fraction of sp³-hybridized carbons (Fsp3) is 0.233. The van der Waals surface area contributed by atoms with Gasteiger partial charge in [-0.1, -0.05) is 66.7 Å². The third-order valence-corrected chi connectivity index (χ3v) is 7.36. The van der Waals surface area contributed by atoms with Crippen molar-refractivity contribution in [1.29, 1.82) is 0 Å². The van der Waals surface area contributed by atoms with Crippen LogP contribution < -0.4 is 4.74 Å². The van der Waals surface area contributed by atoms with Gasteiger partial charge in [0.2, 0.25) is 0 Å². The molecule has 0 radical (unpaired) electrons. The smallest absolute Gasteiger partial charge is 0.274 e. The Morgan fingerprint density at radius 3 is 2.49 bits per heavy atom. The summed E-state index contributed by atoms with van der Waals surface area (Å²) in [6.45, 7) is 3.73. The van der Waals surface area contributed by atoms with Gasteiger partial charge in [-0.05, 0) is 42.2 Å². The maximum absolute atomic E-state index is 13.9. The van der Waals surface area contributed by atoms with E-state index in [1.165, 1.54) is 0 Å². The van der Waals surface area contributed by atoms with Crippen molar-refractivity contribution in [1.82, 2.24) is 14.8 Å². The number of ether oxygens (including phenoxy) is 1. The third kappa shape index (κ3) is 5.57. The number of hydrogen-bond donors (Lipinski definition) is 0. The highest BCUT2D eigenvalue weighted by Crippen LogP contribution is 2.31. The Kier molecular flexibility index (Phi) is 7.32. The number of hydrogen-bond acceptors (Lipinski definition) is 5. The first-order valence-electron chi connectivity index (χ1n) is 12.4. The average molecular weight is 512 g/mol. The van der Waals surface area contributed by atoms with Crippen molar-refractivity contribution in [2.75, 3.05) is 20.2 Å². The van der Waals surface area contributed by atoms with Crippen LogP contribution >= 0.6 is 11.3 Å². The fourth-order valence-electron chi connectivity index (χ4n) is 4.56. The predicted octanol–water partition coefficient (Wildman–Crippen LogP) is 5.82. The van der Waals surface area contributed by atoms with E-state index >= 15 is 0 Å². The zero-order valence-corrected chi connectivity index (χ0v) is 21.8. The molecule has 2 amide bonds. The molecule has 0 fully saturated rings. The van der Waals surface area contributed by atoms with E-state index in [4.69, 9.17) is 4.74 Å². The van der Waals surface area contributed by atoms with E-state index in [9.17, 15) is 9.59 Å². The average Bonchev–Trinajstić information content (AvgIpc) is 3.31. The number of aryl methyl sites for hydroxylation is 1. The lowest BCUT2D eigenvalue weighted by Crippen LogP contribution is -2.33. The van der Waals surface area contributed by atoms with Gasteiger partial charge in [-0.2, -0.15) is 0 Å². The van der Waals surface area contributed by atoms with Crippen LogP contribution in [-0.4, -0.2) is 46.8 Å². The van der Waals surface area contributed by atoms with E-state index < -0.39 is 0 Å². The summed E-state index contributed by atoms with van der Waals surface area (Å²) in [5.74, 6) is 0.389. The Hall–Kier alpha value is -3.97. The van der Waals surface area contributed by atoms with E-state index in [2.05, 4.69) is 11.1 Å². The van der Waals surface area contributed by atoms with E-state index in [0.717, 1.165) is 26.6 Å². The Bertz CT molecular complexity index is 1420. The monoisotopic (exact) mass is 511 g/mol. The number of fused-ring (bicyclic) bond motifs is 3. The largest absolute Gasteiger partial charge is 0.493 e. The maximum Gasteiger partial charge on any atom is 0.274 e. The lowest BCUT2D eigenvalue weighted by Gasteiger charge is -2.25. The van der Waals surface area contributed by atoms with Crippen LogP contribution in [0.1, 0.15) is 43.4 Å². The molecule has 2 heterocycles. The van der Waals surface area contributed by atoms with Gasteiger partial charge in [0, 0.05) is 26.7 Å². The minimum Gasteiger partial charge on any atom is -0.493 e. The van der Waals surface area contributed by atoms with Crippen molar-refractivity contribution < 1.29 is 14.3 Å². The van der Waals surface area contributed by atoms with E-state index in [1.54, 1.807) is 29.4 Å². The van der Waals surface area contributed by atoms with Crippen LogP contribution in [0, 0.1) is 6.92 Å². The van der Waals surface area contributed by atoms with Crippen molar-refractivity contribution in [3.05, 3.63) is 106 Å². The van der Waals surface area contributed by atoms with E-state index in [0.29, 0.717) is 49.7 Å². The van der Waals surface area contributed by atoms with Crippen LogP contribution in [0.15, 0.2) is 78.9 Å². The molecule has 0 unspecified atom stereocenters. The molecule has 188 valence electrons. The first-order chi connectivity index (χ1) is 18.0. The van der Waals surface area contributed by atoms with Crippen molar-refractivity contribution >= 4 is 23.2 Å². The quantitative estimate of drug-likeness (QED) is 0.340. The molecule has 0 aliphatic carbocycles. The molecule has 1 aromatic heterocycles. The molecule has 0 N–H and O–H groups in total. The molecule has 0 saturated heterocycles. The summed E-state index contributed by atoms with van der Waals surface area (Å²) in [5.41, 5.74) is 4.04. The number of carbonyl (C=O) groups excluding carboxylic acids is 2. The number of aromatic nitrogens is 1. The summed E-state index contributed by atoms with van der Waals surface area (Å²) >= 11 is 1.54. The molecule has 0 saturated carbocycles. The Morgan fingerprint density at radius 2 is 1.68 bits per heavy atom. The first kappa shape index (κ1) is 24.7. The molecule has 0 atom stereocenters. The van der Waals surface area contributed by atoms with Crippen LogP contribution in [0.25, 0.3) is 10.4 Å². The van der Waals surface area contributed by atoms with E-state index in [-0.39, 0.29) is 11.8 Å². The van der Waals surface area contributed by atoms with Crippen LogP contribution in [0.3, 0.4) is 0 Å². The number of benzene rings is 3. The molecule has 6 nitrogen and oxygen atoms in total. The molecule has 1 aliphatic heterocycles. The highest BCUT2D eigenvalue weighted by atomic mass is 32.1. The number of rotatable bonds is 2. The van der Waals surface area contributed by atoms with Crippen molar-refractivity contribution in [2.45, 2.75) is 26.4 Å². The van der Waals surface area contributed by atoms with Gasteiger partial charge < -0.3 is 14.5 Å². The Labute approximate surface area is 221 Å². The number of para-hydroxylation sites is 1. The highest BCUT2D eigenvalue weighted by Gasteiger charge is 2.25. The number of carbonyl (C=O) groups is 2. The Morgan fingerprint density at radius 1 is 0.946 bits per heavy atom. The van der Waals surface area contributed by atoms with E-state index in [1.807, 2.05) is 78.6 Å². The van der Waals surface area contributed by atoms with Crippen LogP contribution in [0.2, 0.25) is 0 Å². The zero-order valence-electron chi connectivity index (χ0n) is 21.0. The molecule has 1 aliphatic rings. The van der Waals surface area contributed by atoms with Crippen LogP contribution in [0.4, 0.5) is 0 Å². The topological polar surface area (TPSA) is 62.7 Å². The lowest BCUT2D eigenvalue weighted by molar-refractivity contribution is 0.0729. The fourth-order valence-corrected chi connectivity index (χ4v) is 5.48. The van der Waals surface area contributed by atoms with Gasteiger partial charge in [0.15, 0.2) is 0 Å². The summed E-state index contributed by atoms with van der Waals surface area (Å²) in [5, 5.41) is 0.860. The van der Waals surface area contributed by atoms with Gasteiger partial charge in [-0.3, -0.25) is 9.59 Å². The van der Waals surface area contributed by atoms with Gasteiger partial charge in [-0.15, -0.1) is 11.3 Å². The minimum atomic E-state index is -0.0894. The highest BCUT2D eigenvalue weighted by molar-refractivity contribution is 7.15.